The SMILES string of the molecule is O=c1[nH]c(=O)n(C2CCCCC2)c2sc3c(c12)CCC3. The fraction of sp³-hybridized carbons (Fsp3) is 0.600. The second kappa shape index (κ2) is 4.58. The van der Waals surface area contributed by atoms with Crippen molar-refractivity contribution in [1.82, 2.24) is 9.55 Å². The van der Waals surface area contributed by atoms with Gasteiger partial charge in [0.05, 0.1) is 5.39 Å². The highest BCUT2D eigenvalue weighted by Gasteiger charge is 2.25. The van der Waals surface area contributed by atoms with Crippen LogP contribution in [-0.4, -0.2) is 9.55 Å². The predicted molar refractivity (Wildman–Crippen MR) is 80.9 cm³/mol. The van der Waals surface area contributed by atoms with Crippen molar-refractivity contribution < 1.29 is 0 Å². The lowest BCUT2D eigenvalue weighted by Gasteiger charge is -2.24. The fourth-order valence-corrected chi connectivity index (χ4v) is 5.23. The Bertz CT molecular complexity index is 777. The van der Waals surface area contributed by atoms with Gasteiger partial charge in [0.2, 0.25) is 0 Å². The number of hydrogen-bond donors (Lipinski definition) is 1. The zero-order valence-electron chi connectivity index (χ0n) is 11.4. The molecule has 5 heteroatoms. The van der Waals surface area contributed by atoms with E-state index >= 15 is 0 Å². The van der Waals surface area contributed by atoms with E-state index in [1.807, 2.05) is 4.57 Å². The van der Waals surface area contributed by atoms with E-state index in [-0.39, 0.29) is 17.3 Å². The molecule has 1 fully saturated rings. The van der Waals surface area contributed by atoms with E-state index in [2.05, 4.69) is 4.98 Å². The van der Waals surface area contributed by atoms with E-state index in [1.54, 1.807) is 11.3 Å². The summed E-state index contributed by atoms with van der Waals surface area (Å²) in [4.78, 5) is 29.3. The van der Waals surface area contributed by atoms with Crippen LogP contribution in [0.1, 0.15) is 55.0 Å². The van der Waals surface area contributed by atoms with Gasteiger partial charge in [0, 0.05) is 10.9 Å². The van der Waals surface area contributed by atoms with Crippen molar-refractivity contribution in [1.29, 1.82) is 0 Å². The molecule has 2 aliphatic carbocycles. The van der Waals surface area contributed by atoms with E-state index in [1.165, 1.54) is 29.7 Å². The summed E-state index contributed by atoms with van der Waals surface area (Å²) >= 11 is 1.68. The largest absolute Gasteiger partial charge is 0.329 e. The lowest BCUT2D eigenvalue weighted by molar-refractivity contribution is 0.351. The second-order valence-corrected chi connectivity index (χ2v) is 7.04. The molecule has 0 atom stereocenters. The van der Waals surface area contributed by atoms with E-state index < -0.39 is 0 Å². The molecule has 1 N–H and O–H groups in total. The number of nitrogens with zero attached hydrogens (tertiary/aromatic N) is 1. The van der Waals surface area contributed by atoms with Crippen LogP contribution in [0.4, 0.5) is 0 Å². The summed E-state index contributed by atoms with van der Waals surface area (Å²) in [6.45, 7) is 0. The number of H-pyrrole nitrogens is 1. The zero-order chi connectivity index (χ0) is 13.7. The lowest BCUT2D eigenvalue weighted by Crippen LogP contribution is -2.33. The molecule has 2 aromatic heterocycles. The van der Waals surface area contributed by atoms with Gasteiger partial charge in [-0.15, -0.1) is 11.3 Å². The number of aromatic amines is 1. The number of fused-ring (bicyclic) bond motifs is 3. The molecule has 2 aromatic rings. The van der Waals surface area contributed by atoms with Crippen molar-refractivity contribution in [3.05, 3.63) is 31.3 Å². The molecule has 0 radical (unpaired) electrons. The maximum atomic E-state index is 12.3. The van der Waals surface area contributed by atoms with Crippen molar-refractivity contribution in [3.63, 3.8) is 0 Å². The van der Waals surface area contributed by atoms with Crippen molar-refractivity contribution in [3.8, 4) is 0 Å². The standard InChI is InChI=1S/C15H18N2O2S/c18-13-12-10-7-4-8-11(10)20-14(12)17(15(19)16-13)9-5-2-1-3-6-9/h9H,1-8H2,(H,16,18,19). The molecule has 0 spiro atoms. The van der Waals surface area contributed by atoms with E-state index in [0.29, 0.717) is 0 Å². The van der Waals surface area contributed by atoms with Gasteiger partial charge in [0.1, 0.15) is 4.83 Å². The summed E-state index contributed by atoms with van der Waals surface area (Å²) in [6, 6.07) is 0.273. The van der Waals surface area contributed by atoms with Crippen molar-refractivity contribution in [2.75, 3.05) is 0 Å². The summed E-state index contributed by atoms with van der Waals surface area (Å²) in [6.07, 6.45) is 8.94. The number of thiophene rings is 1. The normalized spacial score (nSPS) is 19.6. The minimum atomic E-state index is -0.214. The molecule has 4 nitrogen and oxygen atoms in total. The third-order valence-electron chi connectivity index (χ3n) is 4.73. The van der Waals surface area contributed by atoms with Gasteiger partial charge in [-0.05, 0) is 37.7 Å². The van der Waals surface area contributed by atoms with Gasteiger partial charge in [0.25, 0.3) is 5.56 Å². The Labute approximate surface area is 120 Å². The van der Waals surface area contributed by atoms with Crippen LogP contribution in [-0.2, 0) is 12.8 Å². The van der Waals surface area contributed by atoms with Crippen LogP contribution in [0.5, 0.6) is 0 Å². The van der Waals surface area contributed by atoms with Gasteiger partial charge >= 0.3 is 5.69 Å². The van der Waals surface area contributed by atoms with Crippen molar-refractivity contribution >= 4 is 21.6 Å². The Morgan fingerprint density at radius 2 is 1.85 bits per heavy atom. The molecule has 20 heavy (non-hydrogen) atoms. The quantitative estimate of drug-likeness (QED) is 0.878. The van der Waals surface area contributed by atoms with Gasteiger partial charge in [0.15, 0.2) is 0 Å². The van der Waals surface area contributed by atoms with Crippen molar-refractivity contribution in [2.45, 2.75) is 57.4 Å². The summed E-state index contributed by atoms with van der Waals surface area (Å²) < 4.78 is 1.89. The molecule has 0 aromatic carbocycles. The van der Waals surface area contributed by atoms with E-state index in [0.717, 1.165) is 42.3 Å². The van der Waals surface area contributed by atoms with Gasteiger partial charge in [-0.3, -0.25) is 14.3 Å². The summed E-state index contributed by atoms with van der Waals surface area (Å²) in [7, 11) is 0. The number of hydrogen-bond acceptors (Lipinski definition) is 3. The van der Waals surface area contributed by atoms with Crippen LogP contribution >= 0.6 is 11.3 Å². The third kappa shape index (κ3) is 1.72. The highest BCUT2D eigenvalue weighted by atomic mass is 32.1. The Kier molecular flexibility index (Phi) is 2.84. The Balaban J connectivity index is 2.00. The molecule has 0 aliphatic heterocycles. The molecule has 0 unspecified atom stereocenters. The first-order valence-electron chi connectivity index (χ1n) is 7.55. The fourth-order valence-electron chi connectivity index (χ4n) is 3.78. The van der Waals surface area contributed by atoms with Crippen LogP contribution in [0, 0.1) is 0 Å². The Morgan fingerprint density at radius 3 is 2.65 bits per heavy atom. The van der Waals surface area contributed by atoms with Crippen LogP contribution in [0.25, 0.3) is 10.2 Å². The average Bonchev–Trinajstić information content (AvgIpc) is 3.00. The van der Waals surface area contributed by atoms with Gasteiger partial charge in [-0.1, -0.05) is 19.3 Å². The van der Waals surface area contributed by atoms with Crippen LogP contribution < -0.4 is 11.2 Å². The number of aryl methyl sites for hydroxylation is 2. The topological polar surface area (TPSA) is 54.9 Å². The summed E-state index contributed by atoms with van der Waals surface area (Å²) in [5, 5.41) is 0.799. The van der Waals surface area contributed by atoms with Gasteiger partial charge in [-0.25, -0.2) is 4.79 Å². The predicted octanol–water partition coefficient (Wildman–Crippen LogP) is 2.75. The first kappa shape index (κ1) is 12.4. The van der Waals surface area contributed by atoms with Gasteiger partial charge in [-0.2, -0.15) is 0 Å². The highest BCUT2D eigenvalue weighted by Crippen LogP contribution is 2.37. The molecule has 1 saturated carbocycles. The third-order valence-corrected chi connectivity index (χ3v) is 6.02. The summed E-state index contributed by atoms with van der Waals surface area (Å²) in [5.41, 5.74) is 0.807. The Morgan fingerprint density at radius 1 is 1.05 bits per heavy atom. The monoisotopic (exact) mass is 290 g/mol. The molecular weight excluding hydrogens is 272 g/mol. The molecule has 0 amide bonds. The maximum absolute atomic E-state index is 12.3. The first-order chi connectivity index (χ1) is 9.75. The highest BCUT2D eigenvalue weighted by molar-refractivity contribution is 7.18. The minimum Gasteiger partial charge on any atom is -0.281 e. The van der Waals surface area contributed by atoms with Crippen LogP contribution in [0.15, 0.2) is 9.59 Å². The molecule has 2 heterocycles. The smallest absolute Gasteiger partial charge is 0.281 e. The average molecular weight is 290 g/mol. The van der Waals surface area contributed by atoms with Crippen LogP contribution in [0.3, 0.4) is 0 Å². The van der Waals surface area contributed by atoms with E-state index in [4.69, 9.17) is 0 Å². The zero-order valence-corrected chi connectivity index (χ0v) is 12.2. The number of nitrogens with one attached hydrogen (secondary N) is 1. The number of aromatic nitrogens is 2. The molecular formula is C15H18N2O2S. The van der Waals surface area contributed by atoms with E-state index in [9.17, 15) is 9.59 Å². The van der Waals surface area contributed by atoms with Gasteiger partial charge < -0.3 is 0 Å². The molecule has 0 bridgehead atoms. The maximum Gasteiger partial charge on any atom is 0.329 e. The van der Waals surface area contributed by atoms with Crippen molar-refractivity contribution in [2.24, 2.45) is 0 Å². The minimum absolute atomic E-state index is 0.184. The molecule has 4 rings (SSSR count). The molecule has 106 valence electrons. The summed E-state index contributed by atoms with van der Waals surface area (Å²) in [5.74, 6) is 0. The molecule has 2 aliphatic rings. The van der Waals surface area contributed by atoms with Crippen LogP contribution in [0.2, 0.25) is 0 Å². The first-order valence-corrected chi connectivity index (χ1v) is 8.36. The molecule has 0 saturated heterocycles. The second-order valence-electron chi connectivity index (χ2n) is 5.96. The Hall–Kier alpha value is -1.36. The number of rotatable bonds is 1. The lowest BCUT2D eigenvalue weighted by atomic mass is 9.95.